The van der Waals surface area contributed by atoms with Crippen molar-refractivity contribution in [1.29, 1.82) is 0 Å². The van der Waals surface area contributed by atoms with Crippen molar-refractivity contribution in [2.45, 2.75) is 13.5 Å². The highest BCUT2D eigenvalue weighted by Crippen LogP contribution is 2.22. The van der Waals surface area contributed by atoms with Crippen LogP contribution >= 0.6 is 11.6 Å². The summed E-state index contributed by atoms with van der Waals surface area (Å²) in [4.78, 5) is 29.7. The average Bonchev–Trinajstić information content (AvgIpc) is 3.08. The molecule has 0 aliphatic heterocycles. The molecule has 7 heteroatoms. The highest BCUT2D eigenvalue weighted by molar-refractivity contribution is 6.32. The number of aryl methyl sites for hydroxylation is 1. The lowest BCUT2D eigenvalue weighted by Gasteiger charge is -2.09. The average molecular weight is 394 g/mol. The lowest BCUT2D eigenvalue weighted by Crippen LogP contribution is -2.40. The van der Waals surface area contributed by atoms with Crippen molar-refractivity contribution < 1.29 is 4.42 Å². The van der Waals surface area contributed by atoms with E-state index in [2.05, 4.69) is 4.98 Å². The zero-order valence-electron chi connectivity index (χ0n) is 15.0. The van der Waals surface area contributed by atoms with Gasteiger partial charge in [0.25, 0.3) is 0 Å². The minimum Gasteiger partial charge on any atom is -0.441 e. The van der Waals surface area contributed by atoms with Crippen molar-refractivity contribution in [1.82, 2.24) is 14.1 Å². The standard InChI is InChI=1S/C21H16ClN3O3/c1-14-17(23-19(28-14)15-7-3-2-4-8-15)13-24-11-12-25(21(27)20(24)26)18-10-6-5-9-16(18)22/h2-12H,13H2,1H3. The van der Waals surface area contributed by atoms with Gasteiger partial charge in [0.1, 0.15) is 11.5 Å². The molecule has 0 aliphatic carbocycles. The van der Waals surface area contributed by atoms with Crippen molar-refractivity contribution in [2.24, 2.45) is 0 Å². The van der Waals surface area contributed by atoms with Gasteiger partial charge in [0, 0.05) is 18.0 Å². The third-order valence-electron chi connectivity index (χ3n) is 4.40. The van der Waals surface area contributed by atoms with Gasteiger partial charge in [-0.3, -0.25) is 14.2 Å². The zero-order chi connectivity index (χ0) is 19.7. The highest BCUT2D eigenvalue weighted by Gasteiger charge is 2.14. The smallest absolute Gasteiger partial charge is 0.321 e. The maximum atomic E-state index is 12.6. The van der Waals surface area contributed by atoms with Crippen molar-refractivity contribution in [3.63, 3.8) is 0 Å². The number of benzene rings is 2. The fourth-order valence-electron chi connectivity index (χ4n) is 2.91. The molecule has 4 aromatic rings. The van der Waals surface area contributed by atoms with E-state index in [4.69, 9.17) is 16.0 Å². The third-order valence-corrected chi connectivity index (χ3v) is 4.72. The molecule has 0 atom stereocenters. The Bertz CT molecular complexity index is 1260. The molecule has 0 spiro atoms. The van der Waals surface area contributed by atoms with E-state index < -0.39 is 11.1 Å². The molecule has 0 radical (unpaired) electrons. The van der Waals surface area contributed by atoms with Gasteiger partial charge in [-0.25, -0.2) is 4.98 Å². The Morgan fingerprint density at radius 3 is 2.43 bits per heavy atom. The van der Waals surface area contributed by atoms with Gasteiger partial charge in [-0.1, -0.05) is 41.9 Å². The van der Waals surface area contributed by atoms with Crippen LogP contribution in [0.4, 0.5) is 0 Å². The van der Waals surface area contributed by atoms with Crippen LogP contribution in [0.3, 0.4) is 0 Å². The van der Waals surface area contributed by atoms with Crippen LogP contribution in [0.5, 0.6) is 0 Å². The van der Waals surface area contributed by atoms with Gasteiger partial charge in [0.2, 0.25) is 5.89 Å². The molecule has 6 nitrogen and oxygen atoms in total. The Balaban J connectivity index is 1.70. The maximum absolute atomic E-state index is 12.6. The number of aromatic nitrogens is 3. The molecule has 0 bridgehead atoms. The SMILES string of the molecule is Cc1oc(-c2ccccc2)nc1Cn1ccn(-c2ccccc2Cl)c(=O)c1=O. The number of hydrogen-bond acceptors (Lipinski definition) is 4. The number of hydrogen-bond donors (Lipinski definition) is 0. The first-order chi connectivity index (χ1) is 13.5. The van der Waals surface area contributed by atoms with Gasteiger partial charge in [0.15, 0.2) is 0 Å². The lowest BCUT2D eigenvalue weighted by atomic mass is 10.2. The van der Waals surface area contributed by atoms with E-state index in [1.54, 1.807) is 37.4 Å². The second-order valence-electron chi connectivity index (χ2n) is 6.25. The second-order valence-corrected chi connectivity index (χ2v) is 6.65. The lowest BCUT2D eigenvalue weighted by molar-refractivity contribution is 0.537. The van der Waals surface area contributed by atoms with Crippen LogP contribution in [-0.2, 0) is 6.54 Å². The molecule has 140 valence electrons. The first-order valence-corrected chi connectivity index (χ1v) is 9.01. The van der Waals surface area contributed by atoms with Crippen LogP contribution in [0.15, 0.2) is 81.0 Å². The molecular formula is C21H16ClN3O3. The molecule has 0 fully saturated rings. The van der Waals surface area contributed by atoms with Gasteiger partial charge in [-0.05, 0) is 31.2 Å². The van der Waals surface area contributed by atoms with Gasteiger partial charge >= 0.3 is 11.1 Å². The molecule has 28 heavy (non-hydrogen) atoms. The molecule has 0 saturated carbocycles. The molecule has 4 rings (SSSR count). The zero-order valence-corrected chi connectivity index (χ0v) is 15.8. The van der Waals surface area contributed by atoms with Crippen LogP contribution in [0.25, 0.3) is 17.1 Å². The monoisotopic (exact) mass is 393 g/mol. The number of para-hydroxylation sites is 1. The Hall–Kier alpha value is -3.38. The molecule has 0 aliphatic rings. The van der Waals surface area contributed by atoms with E-state index in [1.807, 2.05) is 30.3 Å². The summed E-state index contributed by atoms with van der Waals surface area (Å²) in [6, 6.07) is 16.4. The van der Waals surface area contributed by atoms with Crippen LogP contribution < -0.4 is 11.1 Å². The largest absolute Gasteiger partial charge is 0.441 e. The Labute approximate surface area is 165 Å². The molecule has 2 aromatic carbocycles. The summed E-state index contributed by atoms with van der Waals surface area (Å²) in [5, 5.41) is 0.390. The summed E-state index contributed by atoms with van der Waals surface area (Å²) < 4.78 is 8.28. The highest BCUT2D eigenvalue weighted by atomic mass is 35.5. The number of nitrogens with zero attached hydrogens (tertiary/aromatic N) is 3. The first kappa shape index (κ1) is 18.0. The maximum Gasteiger partial charge on any atom is 0.321 e. The predicted molar refractivity (Wildman–Crippen MR) is 107 cm³/mol. The molecule has 0 saturated heterocycles. The summed E-state index contributed by atoms with van der Waals surface area (Å²) in [5.74, 6) is 1.08. The van der Waals surface area contributed by atoms with E-state index in [1.165, 1.54) is 15.3 Å². The molecular weight excluding hydrogens is 378 g/mol. The normalized spacial score (nSPS) is 10.9. The van der Waals surface area contributed by atoms with E-state index >= 15 is 0 Å². The first-order valence-electron chi connectivity index (χ1n) is 8.63. The van der Waals surface area contributed by atoms with Gasteiger partial charge < -0.3 is 8.98 Å². The van der Waals surface area contributed by atoms with Crippen LogP contribution in [0.1, 0.15) is 11.5 Å². The van der Waals surface area contributed by atoms with E-state index in [9.17, 15) is 9.59 Å². The Morgan fingerprint density at radius 2 is 1.68 bits per heavy atom. The predicted octanol–water partition coefficient (Wildman–Crippen LogP) is 3.66. The Morgan fingerprint density at radius 1 is 0.964 bits per heavy atom. The topological polar surface area (TPSA) is 70.0 Å². The summed E-state index contributed by atoms with van der Waals surface area (Å²) in [5.41, 5.74) is 0.558. The number of rotatable bonds is 4. The summed E-state index contributed by atoms with van der Waals surface area (Å²) >= 11 is 6.14. The minimum absolute atomic E-state index is 0.138. The third kappa shape index (κ3) is 3.30. The van der Waals surface area contributed by atoms with Crippen molar-refractivity contribution in [3.8, 4) is 17.1 Å². The molecule has 0 unspecified atom stereocenters. The molecule has 2 heterocycles. The second kappa shape index (κ2) is 7.32. The molecule has 2 aromatic heterocycles. The van der Waals surface area contributed by atoms with E-state index in [0.29, 0.717) is 28.1 Å². The van der Waals surface area contributed by atoms with Crippen molar-refractivity contribution in [3.05, 3.63) is 104 Å². The summed E-state index contributed by atoms with van der Waals surface area (Å²) in [7, 11) is 0. The van der Waals surface area contributed by atoms with Crippen LogP contribution in [0, 0.1) is 6.92 Å². The van der Waals surface area contributed by atoms with Gasteiger partial charge in [-0.2, -0.15) is 0 Å². The quantitative estimate of drug-likeness (QED) is 0.496. The van der Waals surface area contributed by atoms with Crippen molar-refractivity contribution in [2.75, 3.05) is 0 Å². The number of oxazole rings is 1. The van der Waals surface area contributed by atoms with E-state index in [-0.39, 0.29) is 6.54 Å². The Kier molecular flexibility index (Phi) is 4.71. The van der Waals surface area contributed by atoms with E-state index in [0.717, 1.165) is 5.56 Å². The van der Waals surface area contributed by atoms with Crippen molar-refractivity contribution >= 4 is 11.6 Å². The molecule has 0 amide bonds. The minimum atomic E-state index is -0.681. The summed E-state index contributed by atoms with van der Waals surface area (Å²) in [6.07, 6.45) is 3.07. The fraction of sp³-hybridized carbons (Fsp3) is 0.0952. The van der Waals surface area contributed by atoms with Gasteiger partial charge in [0.05, 0.1) is 17.3 Å². The summed E-state index contributed by atoms with van der Waals surface area (Å²) in [6.45, 7) is 1.92. The van der Waals surface area contributed by atoms with Crippen LogP contribution in [0.2, 0.25) is 5.02 Å². The van der Waals surface area contributed by atoms with Crippen LogP contribution in [-0.4, -0.2) is 14.1 Å². The molecule has 0 N–H and O–H groups in total. The number of halogens is 1. The fourth-order valence-corrected chi connectivity index (χ4v) is 3.14. The van der Waals surface area contributed by atoms with Gasteiger partial charge in [-0.15, -0.1) is 0 Å².